The van der Waals surface area contributed by atoms with Gasteiger partial charge in [0.2, 0.25) is 0 Å². The largest absolute Gasteiger partial charge is 0.504 e. The average Bonchev–Trinajstić information content (AvgIpc) is 2.90. The van der Waals surface area contributed by atoms with Gasteiger partial charge in [0.05, 0.1) is 51.1 Å². The molecule has 0 aliphatic carbocycles. The average molecular weight is 512 g/mol. The fourth-order valence-electron chi connectivity index (χ4n) is 4.10. The molecule has 0 atom stereocenters. The number of nitrogens with zero attached hydrogens (tertiary/aromatic N) is 1. The molecule has 1 N–H and O–H groups in total. The second kappa shape index (κ2) is 12.7. The van der Waals surface area contributed by atoms with Crippen LogP contribution in [0.2, 0.25) is 0 Å². The Bertz CT molecular complexity index is 1150. The molecule has 0 aromatic heterocycles. The first-order valence-electron chi connectivity index (χ1n) is 12.1. The smallest absolute Gasteiger partial charge is 0.336 e. The van der Waals surface area contributed by atoms with Crippen LogP contribution < -0.4 is 14.2 Å². The molecule has 0 saturated heterocycles. The summed E-state index contributed by atoms with van der Waals surface area (Å²) < 4.78 is 27.0. The van der Waals surface area contributed by atoms with E-state index in [-0.39, 0.29) is 35.9 Å². The van der Waals surface area contributed by atoms with Crippen molar-refractivity contribution in [2.24, 2.45) is 0 Å². The van der Waals surface area contributed by atoms with Crippen molar-refractivity contribution >= 4 is 11.9 Å². The summed E-state index contributed by atoms with van der Waals surface area (Å²) in [7, 11) is 3.12. The topological polar surface area (TPSA) is 104 Å². The molecule has 0 fully saturated rings. The second-order valence-electron chi connectivity index (χ2n) is 8.06. The fourth-order valence-corrected chi connectivity index (χ4v) is 4.10. The van der Waals surface area contributed by atoms with Crippen LogP contribution in [0.1, 0.15) is 37.8 Å². The molecular formula is C28H33NO8. The van der Waals surface area contributed by atoms with E-state index in [2.05, 4.69) is 0 Å². The maximum atomic E-state index is 13.2. The molecule has 198 valence electrons. The number of methoxy groups -OCH3 is 2. The summed E-state index contributed by atoms with van der Waals surface area (Å²) in [5, 5.41) is 10.2. The summed E-state index contributed by atoms with van der Waals surface area (Å²) in [4.78, 5) is 28.0. The Balaban J connectivity index is 2.11. The summed E-state index contributed by atoms with van der Waals surface area (Å²) in [6.07, 6.45) is 3.32. The molecule has 37 heavy (non-hydrogen) atoms. The van der Waals surface area contributed by atoms with Crippen molar-refractivity contribution in [3.8, 4) is 23.0 Å². The Kier molecular flexibility index (Phi) is 9.43. The van der Waals surface area contributed by atoms with Gasteiger partial charge in [-0.3, -0.25) is 0 Å². The molecule has 2 aromatic carbocycles. The summed E-state index contributed by atoms with van der Waals surface area (Å²) >= 11 is 0. The molecule has 0 radical (unpaired) electrons. The van der Waals surface area contributed by atoms with Crippen LogP contribution in [-0.2, 0) is 25.6 Å². The lowest BCUT2D eigenvalue weighted by Crippen LogP contribution is -2.29. The van der Waals surface area contributed by atoms with E-state index in [1.807, 2.05) is 12.1 Å². The predicted molar refractivity (Wildman–Crippen MR) is 137 cm³/mol. The van der Waals surface area contributed by atoms with E-state index in [1.165, 1.54) is 6.07 Å². The summed E-state index contributed by atoms with van der Waals surface area (Å²) in [5.74, 6) is -0.561. The normalized spacial score (nSPS) is 13.4. The molecule has 9 nitrogen and oxygen atoms in total. The Morgan fingerprint density at radius 3 is 1.97 bits per heavy atom. The molecule has 1 heterocycles. The van der Waals surface area contributed by atoms with E-state index < -0.39 is 17.9 Å². The van der Waals surface area contributed by atoms with E-state index in [9.17, 15) is 14.7 Å². The zero-order valence-corrected chi connectivity index (χ0v) is 21.8. The first-order chi connectivity index (χ1) is 17.9. The number of phenols is 1. The Morgan fingerprint density at radius 1 is 0.811 bits per heavy atom. The van der Waals surface area contributed by atoms with Gasteiger partial charge in [-0.2, -0.15) is 0 Å². The zero-order chi connectivity index (χ0) is 26.9. The minimum Gasteiger partial charge on any atom is -0.504 e. The van der Waals surface area contributed by atoms with Gasteiger partial charge in [0.1, 0.15) is 0 Å². The van der Waals surface area contributed by atoms with Crippen LogP contribution in [0.4, 0.5) is 0 Å². The van der Waals surface area contributed by atoms with Crippen LogP contribution in [0.15, 0.2) is 59.9 Å². The molecule has 1 aliphatic rings. The van der Waals surface area contributed by atoms with Gasteiger partial charge in [-0.05, 0) is 56.2 Å². The lowest BCUT2D eigenvalue weighted by atomic mass is 9.83. The lowest BCUT2D eigenvalue weighted by Gasteiger charge is -2.30. The standard InChI is InChI=1S/C28H33NO8/c1-6-35-24-14-19(10-11-22(24)30)26-20(27(31)36-7-2)16-29(17-21(26)28(32)37-8-3)15-18-9-12-23(33-4)25(13-18)34-5/h9-14,16-17,26,30H,6-8,15H2,1-5H3. The Labute approximate surface area is 216 Å². The maximum Gasteiger partial charge on any atom is 0.336 e. The summed E-state index contributed by atoms with van der Waals surface area (Å²) in [6, 6.07) is 10.2. The molecule has 3 rings (SSSR count). The number of ether oxygens (including phenoxy) is 5. The van der Waals surface area contributed by atoms with E-state index in [4.69, 9.17) is 23.7 Å². The van der Waals surface area contributed by atoms with Crippen molar-refractivity contribution in [2.45, 2.75) is 33.2 Å². The highest BCUT2D eigenvalue weighted by atomic mass is 16.5. The number of esters is 2. The van der Waals surface area contributed by atoms with Crippen LogP contribution in [0.3, 0.4) is 0 Å². The second-order valence-corrected chi connectivity index (χ2v) is 8.06. The lowest BCUT2D eigenvalue weighted by molar-refractivity contribution is -0.139. The molecule has 0 amide bonds. The highest BCUT2D eigenvalue weighted by molar-refractivity contribution is 5.98. The Morgan fingerprint density at radius 2 is 1.43 bits per heavy atom. The van der Waals surface area contributed by atoms with Gasteiger partial charge in [0, 0.05) is 18.9 Å². The third-order valence-electron chi connectivity index (χ3n) is 5.68. The number of aromatic hydroxyl groups is 1. The summed E-state index contributed by atoms with van der Waals surface area (Å²) in [6.45, 7) is 6.22. The van der Waals surface area contributed by atoms with Gasteiger partial charge in [0.15, 0.2) is 23.0 Å². The molecule has 0 spiro atoms. The van der Waals surface area contributed by atoms with Crippen LogP contribution in [0.25, 0.3) is 0 Å². The third kappa shape index (κ3) is 6.35. The number of carbonyl (C=O) groups is 2. The van der Waals surface area contributed by atoms with Gasteiger partial charge in [-0.1, -0.05) is 12.1 Å². The van der Waals surface area contributed by atoms with Gasteiger partial charge in [0.25, 0.3) is 0 Å². The number of hydrogen-bond donors (Lipinski definition) is 1. The molecular weight excluding hydrogens is 478 g/mol. The first kappa shape index (κ1) is 27.4. The van der Waals surface area contributed by atoms with Crippen LogP contribution in [-0.4, -0.2) is 56.0 Å². The minimum atomic E-state index is -0.792. The van der Waals surface area contributed by atoms with Gasteiger partial charge in [-0.15, -0.1) is 0 Å². The molecule has 0 bridgehead atoms. The number of hydrogen-bond acceptors (Lipinski definition) is 9. The minimum absolute atomic E-state index is 0.0418. The van der Waals surface area contributed by atoms with Gasteiger partial charge >= 0.3 is 11.9 Å². The molecule has 0 unspecified atom stereocenters. The van der Waals surface area contributed by atoms with Crippen molar-refractivity contribution in [2.75, 3.05) is 34.0 Å². The zero-order valence-electron chi connectivity index (χ0n) is 21.8. The number of benzene rings is 2. The molecule has 0 saturated carbocycles. The molecule has 2 aromatic rings. The van der Waals surface area contributed by atoms with Crippen molar-refractivity contribution in [3.05, 3.63) is 71.1 Å². The number of carbonyl (C=O) groups excluding carboxylic acids is 2. The van der Waals surface area contributed by atoms with E-state index in [0.717, 1.165) is 5.56 Å². The van der Waals surface area contributed by atoms with Gasteiger partial charge < -0.3 is 33.7 Å². The quantitative estimate of drug-likeness (QED) is 0.442. The molecule has 9 heteroatoms. The van der Waals surface area contributed by atoms with Crippen LogP contribution >= 0.6 is 0 Å². The van der Waals surface area contributed by atoms with Crippen molar-refractivity contribution < 1.29 is 38.4 Å². The van der Waals surface area contributed by atoms with E-state index in [0.29, 0.717) is 30.2 Å². The predicted octanol–water partition coefficient (Wildman–Crippen LogP) is 4.30. The monoisotopic (exact) mass is 511 g/mol. The summed E-state index contributed by atoms with van der Waals surface area (Å²) in [5.41, 5.74) is 1.94. The third-order valence-corrected chi connectivity index (χ3v) is 5.68. The van der Waals surface area contributed by atoms with Crippen molar-refractivity contribution in [3.63, 3.8) is 0 Å². The van der Waals surface area contributed by atoms with Crippen molar-refractivity contribution in [1.82, 2.24) is 4.90 Å². The highest BCUT2D eigenvalue weighted by Gasteiger charge is 2.36. The van der Waals surface area contributed by atoms with Gasteiger partial charge in [-0.25, -0.2) is 9.59 Å². The number of rotatable bonds is 11. The van der Waals surface area contributed by atoms with E-state index in [1.54, 1.807) is 70.5 Å². The molecule has 1 aliphatic heterocycles. The first-order valence-corrected chi connectivity index (χ1v) is 12.1. The fraction of sp³-hybridized carbons (Fsp3) is 0.357. The highest BCUT2D eigenvalue weighted by Crippen LogP contribution is 2.41. The SMILES string of the molecule is CCOC(=O)C1=CN(Cc2ccc(OC)c(OC)c2)C=C(C(=O)OCC)C1c1ccc(O)c(OCC)c1. The number of phenolic OH excluding ortho intramolecular Hbond substituents is 1. The maximum absolute atomic E-state index is 13.2. The van der Waals surface area contributed by atoms with Crippen molar-refractivity contribution in [1.29, 1.82) is 0 Å². The van der Waals surface area contributed by atoms with Crippen LogP contribution in [0.5, 0.6) is 23.0 Å². The Hall–Kier alpha value is -4.14. The van der Waals surface area contributed by atoms with Crippen LogP contribution in [0, 0.1) is 0 Å². The van der Waals surface area contributed by atoms with E-state index >= 15 is 0 Å².